The third kappa shape index (κ3) is 5.26. The molecule has 1 aromatic carbocycles. The lowest BCUT2D eigenvalue weighted by Gasteiger charge is -2.12. The van der Waals surface area contributed by atoms with E-state index in [1.165, 1.54) is 5.56 Å². The molecule has 0 fully saturated rings. The van der Waals surface area contributed by atoms with Gasteiger partial charge in [-0.15, -0.1) is 0 Å². The quantitative estimate of drug-likeness (QED) is 0.781. The van der Waals surface area contributed by atoms with Gasteiger partial charge >= 0.3 is 0 Å². The first-order chi connectivity index (χ1) is 11.6. The van der Waals surface area contributed by atoms with Gasteiger partial charge in [0.05, 0.1) is 7.11 Å². The number of nitrogens with one attached hydrogen (secondary N) is 2. The first-order valence-electron chi connectivity index (χ1n) is 8.26. The number of carbonyl (C=O) groups is 1. The molecule has 0 aliphatic heterocycles. The number of anilines is 1. The van der Waals surface area contributed by atoms with E-state index in [0.717, 1.165) is 30.8 Å². The average molecular weight is 327 g/mol. The van der Waals surface area contributed by atoms with Crippen LogP contribution in [0.4, 0.5) is 5.69 Å². The molecule has 0 saturated carbocycles. The van der Waals surface area contributed by atoms with Gasteiger partial charge in [0.15, 0.2) is 0 Å². The molecule has 0 saturated heterocycles. The van der Waals surface area contributed by atoms with Gasteiger partial charge in [-0.2, -0.15) is 0 Å². The number of hydrogen-bond donors (Lipinski definition) is 2. The summed E-state index contributed by atoms with van der Waals surface area (Å²) >= 11 is 0. The van der Waals surface area contributed by atoms with Crippen LogP contribution in [0.25, 0.3) is 0 Å². The summed E-state index contributed by atoms with van der Waals surface area (Å²) in [5.74, 6) is 0.723. The van der Waals surface area contributed by atoms with E-state index in [1.54, 1.807) is 19.4 Å². The summed E-state index contributed by atoms with van der Waals surface area (Å²) in [5.41, 5.74) is 2.52. The van der Waals surface area contributed by atoms with Crippen LogP contribution in [0.2, 0.25) is 0 Å². The van der Waals surface area contributed by atoms with Crippen LogP contribution in [-0.4, -0.2) is 30.6 Å². The minimum atomic E-state index is -0.138. The molecule has 5 heteroatoms. The van der Waals surface area contributed by atoms with Gasteiger partial charge in [-0.25, -0.2) is 0 Å². The van der Waals surface area contributed by atoms with Crippen molar-refractivity contribution in [1.29, 1.82) is 0 Å². The van der Waals surface area contributed by atoms with E-state index in [2.05, 4.69) is 21.7 Å². The van der Waals surface area contributed by atoms with E-state index < -0.39 is 0 Å². The van der Waals surface area contributed by atoms with Crippen molar-refractivity contribution in [1.82, 2.24) is 10.3 Å². The van der Waals surface area contributed by atoms with Crippen LogP contribution in [0.3, 0.4) is 0 Å². The van der Waals surface area contributed by atoms with Crippen molar-refractivity contribution in [2.75, 3.05) is 19.0 Å². The van der Waals surface area contributed by atoms with Crippen molar-refractivity contribution < 1.29 is 9.53 Å². The summed E-state index contributed by atoms with van der Waals surface area (Å²) in [6.45, 7) is 4.78. The molecule has 1 atom stereocenters. The van der Waals surface area contributed by atoms with Crippen molar-refractivity contribution in [2.45, 2.75) is 32.7 Å². The number of aromatic nitrogens is 1. The second kappa shape index (κ2) is 8.91. The van der Waals surface area contributed by atoms with Crippen LogP contribution in [0.15, 0.2) is 42.6 Å². The molecular weight excluding hydrogens is 302 g/mol. The number of pyridine rings is 1. The molecule has 2 rings (SSSR count). The minimum absolute atomic E-state index is 0.138. The predicted octanol–water partition coefficient (Wildman–Crippen LogP) is 3.27. The van der Waals surface area contributed by atoms with E-state index in [0.29, 0.717) is 5.69 Å². The highest BCUT2D eigenvalue weighted by atomic mass is 16.5. The highest BCUT2D eigenvalue weighted by Crippen LogP contribution is 2.14. The van der Waals surface area contributed by atoms with Gasteiger partial charge in [0.25, 0.3) is 5.91 Å². The predicted molar refractivity (Wildman–Crippen MR) is 96.6 cm³/mol. The van der Waals surface area contributed by atoms with E-state index >= 15 is 0 Å². The van der Waals surface area contributed by atoms with Crippen molar-refractivity contribution in [3.63, 3.8) is 0 Å². The molecule has 0 spiro atoms. The summed E-state index contributed by atoms with van der Waals surface area (Å²) in [6.07, 6.45) is 3.41. The first-order valence-corrected chi connectivity index (χ1v) is 8.26. The third-order valence-corrected chi connectivity index (χ3v) is 3.86. The third-order valence-electron chi connectivity index (χ3n) is 3.86. The number of benzene rings is 1. The molecular formula is C19H25N3O2. The number of amides is 1. The molecule has 0 aliphatic carbocycles. The Hall–Kier alpha value is -2.56. The highest BCUT2D eigenvalue weighted by Gasteiger charge is 2.10. The lowest BCUT2D eigenvalue weighted by molar-refractivity contribution is 0.0934. The van der Waals surface area contributed by atoms with E-state index in [1.807, 2.05) is 38.1 Å². The summed E-state index contributed by atoms with van der Waals surface area (Å²) in [5, 5.41) is 6.26. The molecule has 2 N–H and O–H groups in total. The Morgan fingerprint density at radius 2 is 2.12 bits per heavy atom. The number of methoxy groups -OCH3 is 1. The number of nitrogens with zero attached hydrogens (tertiary/aromatic N) is 1. The first kappa shape index (κ1) is 17.8. The second-order valence-corrected chi connectivity index (χ2v) is 5.74. The van der Waals surface area contributed by atoms with Crippen molar-refractivity contribution in [3.05, 3.63) is 53.9 Å². The lowest BCUT2D eigenvalue weighted by Crippen LogP contribution is -2.32. The highest BCUT2D eigenvalue weighted by molar-refractivity contribution is 5.93. The second-order valence-electron chi connectivity index (χ2n) is 5.74. The number of rotatable bonds is 8. The zero-order chi connectivity index (χ0) is 17.4. The maximum Gasteiger partial charge on any atom is 0.270 e. The zero-order valence-corrected chi connectivity index (χ0v) is 14.5. The van der Waals surface area contributed by atoms with Crippen molar-refractivity contribution in [3.8, 4) is 5.75 Å². The summed E-state index contributed by atoms with van der Waals surface area (Å²) in [7, 11) is 1.67. The fourth-order valence-electron chi connectivity index (χ4n) is 2.24. The smallest absolute Gasteiger partial charge is 0.270 e. The van der Waals surface area contributed by atoms with Gasteiger partial charge in [-0.1, -0.05) is 19.1 Å². The van der Waals surface area contributed by atoms with Gasteiger partial charge in [-0.3, -0.25) is 9.78 Å². The molecule has 24 heavy (non-hydrogen) atoms. The van der Waals surface area contributed by atoms with Gasteiger partial charge in [0, 0.05) is 24.5 Å². The normalized spacial score (nSPS) is 11.6. The van der Waals surface area contributed by atoms with Crippen LogP contribution >= 0.6 is 0 Å². The summed E-state index contributed by atoms with van der Waals surface area (Å²) in [4.78, 5) is 16.3. The molecule has 128 valence electrons. The fraction of sp³-hybridized carbons (Fsp3) is 0.368. The van der Waals surface area contributed by atoms with Gasteiger partial charge < -0.3 is 15.4 Å². The number of ether oxygens (including phenoxy) is 1. The SMILES string of the molecule is CCC(C)NC(=O)c1cc(NCCc2cccc(OC)c2)ccn1. The van der Waals surface area contributed by atoms with Crippen LogP contribution in [0.1, 0.15) is 36.3 Å². The van der Waals surface area contributed by atoms with E-state index in [4.69, 9.17) is 4.74 Å². The largest absolute Gasteiger partial charge is 0.497 e. The lowest BCUT2D eigenvalue weighted by atomic mass is 10.1. The molecule has 1 amide bonds. The molecule has 0 aliphatic rings. The number of hydrogen-bond acceptors (Lipinski definition) is 4. The van der Waals surface area contributed by atoms with Crippen molar-refractivity contribution >= 4 is 11.6 Å². The van der Waals surface area contributed by atoms with Gasteiger partial charge in [0.1, 0.15) is 11.4 Å². The Morgan fingerprint density at radius 3 is 2.88 bits per heavy atom. The Balaban J connectivity index is 1.91. The van der Waals surface area contributed by atoms with Gasteiger partial charge in [-0.05, 0) is 49.6 Å². The van der Waals surface area contributed by atoms with Crippen LogP contribution in [0.5, 0.6) is 5.75 Å². The van der Waals surface area contributed by atoms with Gasteiger partial charge in [0.2, 0.25) is 0 Å². The monoisotopic (exact) mass is 327 g/mol. The zero-order valence-electron chi connectivity index (χ0n) is 14.5. The minimum Gasteiger partial charge on any atom is -0.497 e. The van der Waals surface area contributed by atoms with Crippen LogP contribution in [0, 0.1) is 0 Å². The Bertz CT molecular complexity index is 673. The van der Waals surface area contributed by atoms with E-state index in [9.17, 15) is 4.79 Å². The number of carbonyl (C=O) groups excluding carboxylic acids is 1. The Labute approximate surface area is 143 Å². The molecule has 2 aromatic rings. The molecule has 0 radical (unpaired) electrons. The summed E-state index contributed by atoms with van der Waals surface area (Å²) < 4.78 is 5.23. The van der Waals surface area contributed by atoms with Crippen molar-refractivity contribution in [2.24, 2.45) is 0 Å². The topological polar surface area (TPSA) is 63.2 Å². The standard InChI is InChI=1S/C19H25N3O2/c1-4-14(2)22-19(23)18-13-16(9-11-21-18)20-10-8-15-6-5-7-17(12-15)24-3/h5-7,9,11-14H,4,8,10H2,1-3H3,(H,20,21)(H,22,23). The molecule has 1 heterocycles. The molecule has 0 bridgehead atoms. The van der Waals surface area contributed by atoms with Crippen LogP contribution in [-0.2, 0) is 6.42 Å². The van der Waals surface area contributed by atoms with E-state index in [-0.39, 0.29) is 11.9 Å². The maximum atomic E-state index is 12.1. The molecule has 5 nitrogen and oxygen atoms in total. The molecule has 1 unspecified atom stereocenters. The summed E-state index contributed by atoms with van der Waals surface area (Å²) in [6, 6.07) is 11.8. The Kier molecular flexibility index (Phi) is 6.61. The molecule has 1 aromatic heterocycles. The van der Waals surface area contributed by atoms with Crippen LogP contribution < -0.4 is 15.4 Å². The average Bonchev–Trinajstić information content (AvgIpc) is 2.62. The maximum absolute atomic E-state index is 12.1. The fourth-order valence-corrected chi connectivity index (χ4v) is 2.24. The Morgan fingerprint density at radius 1 is 1.29 bits per heavy atom.